The molecule has 5 nitrogen and oxygen atoms in total. The molecule has 86 valence electrons. The smallest absolute Gasteiger partial charge is 0.0946 e. The van der Waals surface area contributed by atoms with Gasteiger partial charge in [0.25, 0.3) is 0 Å². The number of hydrazine groups is 1. The highest BCUT2D eigenvalue weighted by atomic mass is 16.5. The van der Waals surface area contributed by atoms with Crippen molar-refractivity contribution < 1.29 is 4.74 Å². The lowest BCUT2D eigenvalue weighted by Crippen LogP contribution is -2.34. The van der Waals surface area contributed by atoms with Crippen LogP contribution in [0.4, 0.5) is 0 Å². The Morgan fingerprint density at radius 1 is 1.67 bits per heavy atom. The molecule has 0 aliphatic rings. The second kappa shape index (κ2) is 5.85. The maximum Gasteiger partial charge on any atom is 0.0946 e. The lowest BCUT2D eigenvalue weighted by molar-refractivity contribution is 0.169. The predicted molar refractivity (Wildman–Crippen MR) is 58.9 cm³/mol. The van der Waals surface area contributed by atoms with Crippen molar-refractivity contribution in [2.24, 2.45) is 18.8 Å². The van der Waals surface area contributed by atoms with Gasteiger partial charge in [-0.05, 0) is 12.3 Å². The van der Waals surface area contributed by atoms with Gasteiger partial charge in [-0.1, -0.05) is 6.92 Å². The van der Waals surface area contributed by atoms with Crippen molar-refractivity contribution in [1.29, 1.82) is 0 Å². The normalized spacial score (nSPS) is 15.2. The van der Waals surface area contributed by atoms with Gasteiger partial charge in [-0.3, -0.25) is 11.3 Å². The number of aryl methyl sites for hydroxylation is 1. The Balaban J connectivity index is 2.67. The molecule has 0 spiro atoms. The molecule has 3 N–H and O–H groups in total. The molecule has 1 aromatic heterocycles. The molecule has 0 aromatic carbocycles. The molecule has 0 radical (unpaired) electrons. The number of ether oxygens (including phenoxy) is 1. The molecule has 0 fully saturated rings. The lowest BCUT2D eigenvalue weighted by atomic mass is 9.97. The van der Waals surface area contributed by atoms with E-state index in [0.717, 1.165) is 18.7 Å². The van der Waals surface area contributed by atoms with Crippen LogP contribution < -0.4 is 11.3 Å². The molecule has 0 saturated carbocycles. The SMILES string of the molecule is COCCC(C)C(NN)c1cncn1C. The van der Waals surface area contributed by atoms with Crippen LogP contribution in [-0.4, -0.2) is 23.3 Å². The Bertz CT molecular complexity index is 287. The minimum absolute atomic E-state index is 0.118. The van der Waals surface area contributed by atoms with Crippen LogP contribution >= 0.6 is 0 Å². The molecule has 0 amide bonds. The van der Waals surface area contributed by atoms with Crippen LogP contribution in [0.1, 0.15) is 25.1 Å². The van der Waals surface area contributed by atoms with Gasteiger partial charge < -0.3 is 9.30 Å². The quantitative estimate of drug-likeness (QED) is 0.535. The van der Waals surface area contributed by atoms with Gasteiger partial charge in [-0.15, -0.1) is 0 Å². The van der Waals surface area contributed by atoms with E-state index in [4.69, 9.17) is 10.6 Å². The van der Waals surface area contributed by atoms with E-state index in [-0.39, 0.29) is 6.04 Å². The van der Waals surface area contributed by atoms with Gasteiger partial charge in [-0.2, -0.15) is 0 Å². The standard InChI is InChI=1S/C10H20N4O/c1-8(4-5-15-3)10(13-11)9-6-12-7-14(9)2/h6-8,10,13H,4-5,11H2,1-3H3. The van der Waals surface area contributed by atoms with Gasteiger partial charge in [0.15, 0.2) is 0 Å². The summed E-state index contributed by atoms with van der Waals surface area (Å²) in [7, 11) is 3.68. The van der Waals surface area contributed by atoms with E-state index >= 15 is 0 Å². The van der Waals surface area contributed by atoms with E-state index < -0.39 is 0 Å². The average molecular weight is 212 g/mol. The number of rotatable bonds is 6. The first-order valence-electron chi connectivity index (χ1n) is 5.12. The first-order valence-corrected chi connectivity index (χ1v) is 5.12. The molecule has 2 atom stereocenters. The zero-order valence-corrected chi connectivity index (χ0v) is 9.60. The predicted octanol–water partition coefficient (Wildman–Crippen LogP) is 0.597. The molecule has 0 bridgehead atoms. The van der Waals surface area contributed by atoms with Gasteiger partial charge >= 0.3 is 0 Å². The number of methoxy groups -OCH3 is 1. The van der Waals surface area contributed by atoms with Crippen molar-refractivity contribution in [3.63, 3.8) is 0 Å². The summed E-state index contributed by atoms with van der Waals surface area (Å²) in [6, 6.07) is 0.118. The highest BCUT2D eigenvalue weighted by molar-refractivity contribution is 5.05. The first kappa shape index (κ1) is 12.2. The molecular formula is C10H20N4O. The Morgan fingerprint density at radius 2 is 2.40 bits per heavy atom. The summed E-state index contributed by atoms with van der Waals surface area (Å²) in [6.07, 6.45) is 4.59. The monoisotopic (exact) mass is 212 g/mol. The van der Waals surface area contributed by atoms with Crippen molar-refractivity contribution in [1.82, 2.24) is 15.0 Å². The molecule has 15 heavy (non-hydrogen) atoms. The highest BCUT2D eigenvalue weighted by Crippen LogP contribution is 2.22. The van der Waals surface area contributed by atoms with E-state index in [1.54, 1.807) is 13.4 Å². The molecular weight excluding hydrogens is 192 g/mol. The molecule has 0 aliphatic heterocycles. The number of hydrogen-bond acceptors (Lipinski definition) is 4. The van der Waals surface area contributed by atoms with Crippen LogP contribution in [0.5, 0.6) is 0 Å². The van der Waals surface area contributed by atoms with Crippen LogP contribution in [-0.2, 0) is 11.8 Å². The second-order valence-electron chi connectivity index (χ2n) is 3.83. The third-order valence-electron chi connectivity index (χ3n) is 2.70. The number of aromatic nitrogens is 2. The average Bonchev–Trinajstić information content (AvgIpc) is 2.63. The van der Waals surface area contributed by atoms with E-state index in [1.165, 1.54) is 0 Å². The summed E-state index contributed by atoms with van der Waals surface area (Å²) in [5.41, 5.74) is 3.94. The van der Waals surface area contributed by atoms with Crippen LogP contribution in [0.15, 0.2) is 12.5 Å². The van der Waals surface area contributed by atoms with E-state index in [2.05, 4.69) is 17.3 Å². The summed E-state index contributed by atoms with van der Waals surface area (Å²) in [5.74, 6) is 5.98. The van der Waals surface area contributed by atoms with Crippen molar-refractivity contribution in [3.05, 3.63) is 18.2 Å². The number of imidazole rings is 1. The maximum atomic E-state index is 5.57. The fourth-order valence-electron chi connectivity index (χ4n) is 1.68. The molecule has 5 heteroatoms. The van der Waals surface area contributed by atoms with Crippen LogP contribution in [0.2, 0.25) is 0 Å². The molecule has 0 aliphatic carbocycles. The van der Waals surface area contributed by atoms with Gasteiger partial charge in [0.2, 0.25) is 0 Å². The van der Waals surface area contributed by atoms with Crippen molar-refractivity contribution in [3.8, 4) is 0 Å². The van der Waals surface area contributed by atoms with Crippen molar-refractivity contribution >= 4 is 0 Å². The summed E-state index contributed by atoms with van der Waals surface area (Å²) >= 11 is 0. The molecule has 1 heterocycles. The fraction of sp³-hybridized carbons (Fsp3) is 0.700. The van der Waals surface area contributed by atoms with Gasteiger partial charge in [0.1, 0.15) is 0 Å². The number of nitrogens with two attached hydrogens (primary N) is 1. The molecule has 1 rings (SSSR count). The summed E-state index contributed by atoms with van der Waals surface area (Å²) < 4.78 is 7.04. The highest BCUT2D eigenvalue weighted by Gasteiger charge is 2.20. The van der Waals surface area contributed by atoms with Crippen molar-refractivity contribution in [2.45, 2.75) is 19.4 Å². The van der Waals surface area contributed by atoms with Crippen LogP contribution in [0, 0.1) is 5.92 Å². The Kier molecular flexibility index (Phi) is 4.74. The van der Waals surface area contributed by atoms with E-state index in [1.807, 2.05) is 17.8 Å². The zero-order valence-electron chi connectivity index (χ0n) is 9.60. The summed E-state index contributed by atoms with van der Waals surface area (Å²) in [5, 5.41) is 0. The Labute approximate surface area is 90.6 Å². The third kappa shape index (κ3) is 3.02. The van der Waals surface area contributed by atoms with Gasteiger partial charge in [-0.25, -0.2) is 4.98 Å². The van der Waals surface area contributed by atoms with E-state index in [0.29, 0.717) is 5.92 Å². The molecule has 1 aromatic rings. The van der Waals surface area contributed by atoms with Gasteiger partial charge in [0.05, 0.1) is 18.1 Å². The van der Waals surface area contributed by atoms with Crippen molar-refractivity contribution in [2.75, 3.05) is 13.7 Å². The number of nitrogens with one attached hydrogen (secondary N) is 1. The third-order valence-corrected chi connectivity index (χ3v) is 2.70. The summed E-state index contributed by atoms with van der Waals surface area (Å²) in [4.78, 5) is 4.09. The number of hydrogen-bond donors (Lipinski definition) is 2. The second-order valence-corrected chi connectivity index (χ2v) is 3.83. The van der Waals surface area contributed by atoms with Gasteiger partial charge in [0, 0.05) is 27.0 Å². The zero-order chi connectivity index (χ0) is 11.3. The van der Waals surface area contributed by atoms with Crippen LogP contribution in [0.25, 0.3) is 0 Å². The molecule has 0 saturated heterocycles. The Hall–Kier alpha value is -0.910. The fourth-order valence-corrected chi connectivity index (χ4v) is 1.68. The number of nitrogens with zero attached hydrogens (tertiary/aromatic N) is 2. The Morgan fingerprint density at radius 3 is 2.87 bits per heavy atom. The minimum Gasteiger partial charge on any atom is -0.385 e. The first-order chi connectivity index (χ1) is 7.20. The maximum absolute atomic E-state index is 5.57. The largest absolute Gasteiger partial charge is 0.385 e. The van der Waals surface area contributed by atoms with Crippen LogP contribution in [0.3, 0.4) is 0 Å². The lowest BCUT2D eigenvalue weighted by Gasteiger charge is -2.23. The molecule has 2 unspecified atom stereocenters. The van der Waals surface area contributed by atoms with E-state index in [9.17, 15) is 0 Å². The summed E-state index contributed by atoms with van der Waals surface area (Å²) in [6.45, 7) is 2.90. The topological polar surface area (TPSA) is 65.1 Å². The minimum atomic E-state index is 0.118.